The summed E-state index contributed by atoms with van der Waals surface area (Å²) in [5, 5.41) is 0. The van der Waals surface area contributed by atoms with Gasteiger partial charge in [-0.25, -0.2) is 0 Å². The lowest BCUT2D eigenvalue weighted by molar-refractivity contribution is 0.125. The van der Waals surface area contributed by atoms with Gasteiger partial charge in [0.05, 0.1) is 19.8 Å². The Hall–Kier alpha value is -2.24. The topological polar surface area (TPSA) is 34.2 Å². The molecule has 0 aliphatic carbocycles. The highest BCUT2D eigenvalue weighted by molar-refractivity contribution is 5.76. The summed E-state index contributed by atoms with van der Waals surface area (Å²) in [6.45, 7) is 7.18. The quantitative estimate of drug-likeness (QED) is 0.563. The molecule has 0 spiro atoms. The van der Waals surface area contributed by atoms with Gasteiger partial charge < -0.3 is 24.0 Å². The van der Waals surface area contributed by atoms with Crippen molar-refractivity contribution in [3.8, 4) is 11.5 Å². The number of hydrogen-bond acceptors (Lipinski definition) is 5. The summed E-state index contributed by atoms with van der Waals surface area (Å²) in [6.07, 6.45) is 4.71. The van der Waals surface area contributed by atoms with Crippen LogP contribution in [-0.4, -0.2) is 58.0 Å². The van der Waals surface area contributed by atoms with E-state index in [2.05, 4.69) is 53.1 Å². The van der Waals surface area contributed by atoms with E-state index in [0.717, 1.165) is 37.4 Å². The van der Waals surface area contributed by atoms with Crippen LogP contribution in [0.2, 0.25) is 0 Å². The van der Waals surface area contributed by atoms with Gasteiger partial charge in [0.1, 0.15) is 0 Å². The molecule has 2 aromatic carbocycles. The molecule has 0 radical (unpaired) electrons. The normalized spacial score (nSPS) is 16.8. The SMILES string of the molecule is COc1cc2c(cc1OCCCN1CCCC1)N(CC(C)OC)c1ccccc1C2. The Morgan fingerprint density at radius 3 is 2.53 bits per heavy atom. The van der Waals surface area contributed by atoms with E-state index in [9.17, 15) is 0 Å². The lowest BCUT2D eigenvalue weighted by Gasteiger charge is -2.35. The van der Waals surface area contributed by atoms with E-state index in [-0.39, 0.29) is 6.10 Å². The van der Waals surface area contributed by atoms with Gasteiger partial charge in [-0.2, -0.15) is 0 Å². The number of methoxy groups -OCH3 is 2. The fraction of sp³-hybridized carbons (Fsp3) is 0.520. The Bertz CT molecular complexity index is 848. The molecular weight excluding hydrogens is 376 g/mol. The third-order valence-electron chi connectivity index (χ3n) is 6.24. The summed E-state index contributed by atoms with van der Waals surface area (Å²) in [7, 11) is 3.49. The third kappa shape index (κ3) is 4.57. The molecular formula is C25H34N2O3. The highest BCUT2D eigenvalue weighted by Crippen LogP contribution is 2.44. The largest absolute Gasteiger partial charge is 0.493 e. The molecule has 5 heteroatoms. The maximum Gasteiger partial charge on any atom is 0.163 e. The van der Waals surface area contributed by atoms with Crippen LogP contribution in [-0.2, 0) is 11.2 Å². The number of hydrogen-bond donors (Lipinski definition) is 0. The molecule has 0 N–H and O–H groups in total. The van der Waals surface area contributed by atoms with Crippen LogP contribution in [0, 0.1) is 0 Å². The van der Waals surface area contributed by atoms with Crippen molar-refractivity contribution in [2.24, 2.45) is 0 Å². The van der Waals surface area contributed by atoms with Crippen molar-refractivity contribution in [2.75, 3.05) is 51.9 Å². The summed E-state index contributed by atoms with van der Waals surface area (Å²) in [6, 6.07) is 12.9. The Morgan fingerprint density at radius 2 is 1.77 bits per heavy atom. The van der Waals surface area contributed by atoms with Gasteiger partial charge in [0.2, 0.25) is 0 Å². The molecule has 2 aromatic rings. The van der Waals surface area contributed by atoms with Crippen molar-refractivity contribution in [1.29, 1.82) is 0 Å². The molecule has 5 nitrogen and oxygen atoms in total. The lowest BCUT2D eigenvalue weighted by atomic mass is 9.94. The average molecular weight is 411 g/mol. The zero-order valence-corrected chi connectivity index (χ0v) is 18.5. The standard InChI is InChI=1S/C25H34N2O3/c1-19(28-2)18-27-22-10-5-4-9-20(22)15-21-16-24(29-3)25(17-23(21)27)30-14-8-13-26-11-6-7-12-26/h4-5,9-10,16-17,19H,6-8,11-15,18H2,1-3H3. The van der Waals surface area contributed by atoms with E-state index >= 15 is 0 Å². The monoisotopic (exact) mass is 410 g/mol. The van der Waals surface area contributed by atoms with E-state index in [4.69, 9.17) is 14.2 Å². The van der Waals surface area contributed by atoms with E-state index < -0.39 is 0 Å². The van der Waals surface area contributed by atoms with Crippen LogP contribution in [0.3, 0.4) is 0 Å². The number of rotatable bonds is 9. The second-order valence-corrected chi connectivity index (χ2v) is 8.34. The van der Waals surface area contributed by atoms with Crippen molar-refractivity contribution >= 4 is 11.4 Å². The van der Waals surface area contributed by atoms with E-state index in [1.807, 2.05) is 0 Å². The molecule has 1 unspecified atom stereocenters. The Balaban J connectivity index is 1.55. The molecule has 0 amide bonds. The molecule has 0 bridgehead atoms. The lowest BCUT2D eigenvalue weighted by Crippen LogP contribution is -2.31. The molecule has 2 aliphatic heterocycles. The van der Waals surface area contributed by atoms with Crippen LogP contribution in [0.4, 0.5) is 11.4 Å². The van der Waals surface area contributed by atoms with Crippen molar-refractivity contribution in [1.82, 2.24) is 4.90 Å². The molecule has 2 aliphatic rings. The van der Waals surface area contributed by atoms with E-state index in [0.29, 0.717) is 6.61 Å². The molecule has 2 heterocycles. The first-order chi connectivity index (χ1) is 14.7. The van der Waals surface area contributed by atoms with Crippen molar-refractivity contribution < 1.29 is 14.2 Å². The zero-order valence-electron chi connectivity index (χ0n) is 18.5. The molecule has 1 saturated heterocycles. The summed E-state index contributed by atoms with van der Waals surface area (Å²) >= 11 is 0. The van der Waals surface area contributed by atoms with E-state index in [1.165, 1.54) is 48.4 Å². The molecule has 0 aromatic heterocycles. The number of fused-ring (bicyclic) bond motifs is 2. The number of anilines is 2. The van der Waals surface area contributed by atoms with Crippen LogP contribution in [0.25, 0.3) is 0 Å². The van der Waals surface area contributed by atoms with Gasteiger partial charge in [0.25, 0.3) is 0 Å². The smallest absolute Gasteiger partial charge is 0.163 e. The van der Waals surface area contributed by atoms with Crippen LogP contribution in [0.15, 0.2) is 36.4 Å². The number of para-hydroxylation sites is 1. The van der Waals surface area contributed by atoms with Crippen molar-refractivity contribution in [3.05, 3.63) is 47.5 Å². The third-order valence-corrected chi connectivity index (χ3v) is 6.24. The first kappa shape index (κ1) is 21.0. The van der Waals surface area contributed by atoms with Crippen molar-refractivity contribution in [2.45, 2.75) is 38.7 Å². The molecule has 4 rings (SSSR count). The minimum atomic E-state index is 0.121. The minimum absolute atomic E-state index is 0.121. The summed E-state index contributed by atoms with van der Waals surface area (Å²) in [5.41, 5.74) is 5.03. The van der Waals surface area contributed by atoms with Crippen LogP contribution >= 0.6 is 0 Å². The first-order valence-electron chi connectivity index (χ1n) is 11.1. The predicted octanol–water partition coefficient (Wildman–Crippen LogP) is 4.64. The van der Waals surface area contributed by atoms with Crippen LogP contribution in [0.5, 0.6) is 11.5 Å². The fourth-order valence-corrected chi connectivity index (χ4v) is 4.52. The minimum Gasteiger partial charge on any atom is -0.493 e. The summed E-state index contributed by atoms with van der Waals surface area (Å²) in [4.78, 5) is 4.89. The fourth-order valence-electron chi connectivity index (χ4n) is 4.52. The van der Waals surface area contributed by atoms with Gasteiger partial charge in [-0.15, -0.1) is 0 Å². The Morgan fingerprint density at radius 1 is 0.967 bits per heavy atom. The number of likely N-dealkylation sites (tertiary alicyclic amines) is 1. The second kappa shape index (κ2) is 9.71. The van der Waals surface area contributed by atoms with Gasteiger partial charge >= 0.3 is 0 Å². The molecule has 1 atom stereocenters. The maximum absolute atomic E-state index is 6.21. The average Bonchev–Trinajstić information content (AvgIpc) is 3.29. The molecule has 1 fully saturated rings. The Labute approximate surface area is 180 Å². The number of benzene rings is 2. The molecule has 30 heavy (non-hydrogen) atoms. The summed E-state index contributed by atoms with van der Waals surface area (Å²) in [5.74, 6) is 1.64. The van der Waals surface area contributed by atoms with Gasteiger partial charge in [-0.1, -0.05) is 18.2 Å². The van der Waals surface area contributed by atoms with Gasteiger partial charge in [-0.05, 0) is 62.5 Å². The highest BCUT2D eigenvalue weighted by atomic mass is 16.5. The molecule has 162 valence electrons. The zero-order chi connectivity index (χ0) is 20.9. The van der Waals surface area contributed by atoms with Crippen molar-refractivity contribution in [3.63, 3.8) is 0 Å². The van der Waals surface area contributed by atoms with Crippen LogP contribution in [0.1, 0.15) is 37.3 Å². The maximum atomic E-state index is 6.21. The first-order valence-corrected chi connectivity index (χ1v) is 11.1. The van der Waals surface area contributed by atoms with Gasteiger partial charge in [0.15, 0.2) is 11.5 Å². The Kier molecular flexibility index (Phi) is 6.80. The number of nitrogens with zero attached hydrogens (tertiary/aromatic N) is 2. The number of ether oxygens (including phenoxy) is 3. The van der Waals surface area contributed by atoms with Gasteiger partial charge in [-0.3, -0.25) is 0 Å². The highest BCUT2D eigenvalue weighted by Gasteiger charge is 2.26. The second-order valence-electron chi connectivity index (χ2n) is 8.34. The van der Waals surface area contributed by atoms with E-state index in [1.54, 1.807) is 14.2 Å². The molecule has 0 saturated carbocycles. The van der Waals surface area contributed by atoms with Crippen LogP contribution < -0.4 is 14.4 Å². The predicted molar refractivity (Wildman–Crippen MR) is 122 cm³/mol. The summed E-state index contributed by atoms with van der Waals surface area (Å²) < 4.78 is 17.5. The van der Waals surface area contributed by atoms with Gasteiger partial charge in [0, 0.05) is 44.1 Å².